The van der Waals surface area contributed by atoms with Gasteiger partial charge in [0.1, 0.15) is 5.75 Å². The molecule has 0 unspecified atom stereocenters. The molecule has 110 valence electrons. The summed E-state index contributed by atoms with van der Waals surface area (Å²) in [5.41, 5.74) is 0.900. The first-order chi connectivity index (χ1) is 9.94. The number of halogens is 3. The molecule has 0 amide bonds. The number of carbonyl (C=O) groups is 1. The second kappa shape index (κ2) is 5.82. The van der Waals surface area contributed by atoms with Crippen LogP contribution in [0.25, 0.3) is 11.1 Å². The van der Waals surface area contributed by atoms with Gasteiger partial charge in [-0.15, -0.1) is 13.2 Å². The summed E-state index contributed by atoms with van der Waals surface area (Å²) < 4.78 is 45.7. The maximum Gasteiger partial charge on any atom is 0.573 e. The van der Waals surface area contributed by atoms with Gasteiger partial charge in [-0.2, -0.15) is 0 Å². The fourth-order valence-corrected chi connectivity index (χ4v) is 1.85. The first kappa shape index (κ1) is 14.8. The van der Waals surface area contributed by atoms with Gasteiger partial charge in [0, 0.05) is 11.8 Å². The number of aromatic nitrogens is 1. The molecule has 1 heterocycles. The first-order valence-electron chi connectivity index (χ1n) is 5.79. The van der Waals surface area contributed by atoms with Crippen LogP contribution < -0.4 is 9.47 Å². The van der Waals surface area contributed by atoms with Crippen molar-refractivity contribution in [2.24, 2.45) is 0 Å². The average molecular weight is 297 g/mol. The van der Waals surface area contributed by atoms with Crippen LogP contribution in [-0.4, -0.2) is 24.7 Å². The topological polar surface area (TPSA) is 48.4 Å². The van der Waals surface area contributed by atoms with E-state index >= 15 is 0 Å². The molecule has 0 fully saturated rings. The molecular weight excluding hydrogens is 287 g/mol. The van der Waals surface area contributed by atoms with Crippen LogP contribution in [0.3, 0.4) is 0 Å². The number of pyridine rings is 1. The summed E-state index contributed by atoms with van der Waals surface area (Å²) in [6.07, 6.45) is -2.83. The monoisotopic (exact) mass is 297 g/mol. The van der Waals surface area contributed by atoms with Crippen molar-refractivity contribution < 1.29 is 27.4 Å². The molecule has 2 aromatic rings. The predicted octanol–water partition coefficient (Wildman–Crippen LogP) is 3.47. The SMILES string of the molecule is COc1nccc(C=O)c1-c1cccc(OC(F)(F)F)c1. The van der Waals surface area contributed by atoms with Gasteiger partial charge < -0.3 is 9.47 Å². The lowest BCUT2D eigenvalue weighted by atomic mass is 10.0. The van der Waals surface area contributed by atoms with Gasteiger partial charge >= 0.3 is 6.36 Å². The zero-order valence-corrected chi connectivity index (χ0v) is 10.8. The summed E-state index contributed by atoms with van der Waals surface area (Å²) in [6, 6.07) is 6.70. The van der Waals surface area contributed by atoms with Crippen molar-refractivity contribution in [3.63, 3.8) is 0 Å². The maximum atomic E-state index is 12.3. The highest BCUT2D eigenvalue weighted by atomic mass is 19.4. The third-order valence-electron chi connectivity index (χ3n) is 2.63. The van der Waals surface area contributed by atoms with Gasteiger partial charge in [0.2, 0.25) is 5.88 Å². The van der Waals surface area contributed by atoms with Crippen molar-refractivity contribution in [2.75, 3.05) is 7.11 Å². The number of ether oxygens (including phenoxy) is 2. The Morgan fingerprint density at radius 3 is 2.62 bits per heavy atom. The molecule has 4 nitrogen and oxygen atoms in total. The highest BCUT2D eigenvalue weighted by Gasteiger charge is 2.31. The van der Waals surface area contributed by atoms with Crippen molar-refractivity contribution in [1.82, 2.24) is 4.98 Å². The molecule has 0 saturated heterocycles. The van der Waals surface area contributed by atoms with E-state index in [1.165, 1.54) is 43.6 Å². The quantitative estimate of drug-likeness (QED) is 0.811. The summed E-state index contributed by atoms with van der Waals surface area (Å²) in [6.45, 7) is 0. The molecule has 0 aliphatic carbocycles. The third kappa shape index (κ3) is 3.50. The molecule has 0 radical (unpaired) electrons. The Hall–Kier alpha value is -2.57. The Balaban J connectivity index is 2.52. The summed E-state index contributed by atoms with van der Waals surface area (Å²) in [5.74, 6) is -0.244. The average Bonchev–Trinajstić information content (AvgIpc) is 2.44. The van der Waals surface area contributed by atoms with Crippen LogP contribution in [0.4, 0.5) is 13.2 Å². The number of hydrogen-bond acceptors (Lipinski definition) is 4. The molecular formula is C14H10F3NO3. The normalized spacial score (nSPS) is 11.0. The van der Waals surface area contributed by atoms with E-state index in [2.05, 4.69) is 9.72 Å². The van der Waals surface area contributed by atoms with Crippen LogP contribution in [0.2, 0.25) is 0 Å². The number of hydrogen-bond donors (Lipinski definition) is 0. The Kier molecular flexibility index (Phi) is 4.11. The van der Waals surface area contributed by atoms with E-state index in [1.807, 2.05) is 0 Å². The van der Waals surface area contributed by atoms with Gasteiger partial charge in [0.05, 0.1) is 12.7 Å². The van der Waals surface area contributed by atoms with Gasteiger partial charge in [-0.25, -0.2) is 4.98 Å². The largest absolute Gasteiger partial charge is 0.573 e. The summed E-state index contributed by atoms with van der Waals surface area (Å²) >= 11 is 0. The number of alkyl halides is 3. The third-order valence-corrected chi connectivity index (χ3v) is 2.63. The van der Waals surface area contributed by atoms with Crippen LogP contribution in [-0.2, 0) is 0 Å². The van der Waals surface area contributed by atoms with Gasteiger partial charge in [-0.3, -0.25) is 4.79 Å². The van der Waals surface area contributed by atoms with E-state index in [9.17, 15) is 18.0 Å². The fourth-order valence-electron chi connectivity index (χ4n) is 1.85. The Morgan fingerprint density at radius 2 is 2.00 bits per heavy atom. The minimum atomic E-state index is -4.79. The highest BCUT2D eigenvalue weighted by Crippen LogP contribution is 2.34. The van der Waals surface area contributed by atoms with Crippen molar-refractivity contribution in [1.29, 1.82) is 0 Å². The molecule has 2 rings (SSSR count). The molecule has 0 aliphatic heterocycles. The minimum absolute atomic E-state index is 0.142. The van der Waals surface area contributed by atoms with Crippen molar-refractivity contribution in [3.8, 4) is 22.8 Å². The number of methoxy groups -OCH3 is 1. The molecule has 1 aromatic heterocycles. The molecule has 0 atom stereocenters. The van der Waals surface area contributed by atoms with E-state index in [0.717, 1.165) is 0 Å². The van der Waals surface area contributed by atoms with Crippen LogP contribution in [0.15, 0.2) is 36.5 Å². The molecule has 0 saturated carbocycles. The Labute approximate surface area is 118 Å². The van der Waals surface area contributed by atoms with Gasteiger partial charge in [0.25, 0.3) is 0 Å². The second-order valence-corrected chi connectivity index (χ2v) is 3.98. The van der Waals surface area contributed by atoms with E-state index in [4.69, 9.17) is 4.74 Å². The smallest absolute Gasteiger partial charge is 0.481 e. The van der Waals surface area contributed by atoms with Crippen molar-refractivity contribution >= 4 is 6.29 Å². The number of nitrogens with zero attached hydrogens (tertiary/aromatic N) is 1. The molecule has 21 heavy (non-hydrogen) atoms. The lowest BCUT2D eigenvalue weighted by Crippen LogP contribution is -2.17. The van der Waals surface area contributed by atoms with Crippen molar-refractivity contribution in [3.05, 3.63) is 42.1 Å². The zero-order chi connectivity index (χ0) is 15.5. The fraction of sp³-hybridized carbons (Fsp3) is 0.143. The molecule has 0 spiro atoms. The minimum Gasteiger partial charge on any atom is -0.481 e. The first-order valence-corrected chi connectivity index (χ1v) is 5.79. The Morgan fingerprint density at radius 1 is 1.24 bits per heavy atom. The van der Waals surface area contributed by atoms with Crippen LogP contribution in [0.1, 0.15) is 10.4 Å². The highest BCUT2D eigenvalue weighted by molar-refractivity contribution is 5.89. The van der Waals surface area contributed by atoms with E-state index in [0.29, 0.717) is 17.4 Å². The Bertz CT molecular complexity index is 656. The number of aldehydes is 1. The van der Waals surface area contributed by atoms with Gasteiger partial charge in [-0.1, -0.05) is 12.1 Å². The van der Waals surface area contributed by atoms with Gasteiger partial charge in [0.15, 0.2) is 6.29 Å². The number of rotatable bonds is 4. The lowest BCUT2D eigenvalue weighted by molar-refractivity contribution is -0.274. The standard InChI is InChI=1S/C14H10F3NO3/c1-20-13-12(10(8-19)5-6-18-13)9-3-2-4-11(7-9)21-14(15,16)17/h2-8H,1H3. The summed E-state index contributed by atoms with van der Waals surface area (Å²) in [4.78, 5) is 15.0. The van der Waals surface area contributed by atoms with E-state index in [1.54, 1.807) is 0 Å². The number of carbonyl (C=O) groups excluding carboxylic acids is 1. The molecule has 1 aromatic carbocycles. The zero-order valence-electron chi connectivity index (χ0n) is 10.8. The molecule has 0 bridgehead atoms. The summed E-state index contributed by atoms with van der Waals surface area (Å²) in [5, 5.41) is 0. The lowest BCUT2D eigenvalue weighted by Gasteiger charge is -2.12. The van der Waals surface area contributed by atoms with Crippen LogP contribution >= 0.6 is 0 Å². The predicted molar refractivity (Wildman–Crippen MR) is 68.3 cm³/mol. The maximum absolute atomic E-state index is 12.3. The van der Waals surface area contributed by atoms with Crippen LogP contribution in [0, 0.1) is 0 Å². The molecule has 7 heteroatoms. The second-order valence-electron chi connectivity index (χ2n) is 3.98. The number of benzene rings is 1. The summed E-state index contributed by atoms with van der Waals surface area (Å²) in [7, 11) is 1.36. The van der Waals surface area contributed by atoms with Crippen molar-refractivity contribution in [2.45, 2.75) is 6.36 Å². The van der Waals surface area contributed by atoms with Crippen LogP contribution in [0.5, 0.6) is 11.6 Å². The molecule has 0 N–H and O–H groups in total. The van der Waals surface area contributed by atoms with Gasteiger partial charge in [-0.05, 0) is 23.8 Å². The molecule has 0 aliphatic rings. The van der Waals surface area contributed by atoms with E-state index < -0.39 is 6.36 Å². The van der Waals surface area contributed by atoms with E-state index in [-0.39, 0.29) is 17.2 Å².